The standard InChI is InChI=1S/C16H20O/c1-2-3-9-14-10-11-16(17)15(14)12-13-7-5-4-6-8-13/h4-8,10-11,14-15H,2-3,9,12H2,1H3/t14-,15+/m0/s1. The molecule has 0 saturated carbocycles. The first-order chi connectivity index (χ1) is 8.31. The molecule has 1 aliphatic rings. The molecule has 0 fully saturated rings. The molecular formula is C16H20O. The fraction of sp³-hybridized carbons (Fsp3) is 0.438. The van der Waals surface area contributed by atoms with Crippen LogP contribution in [0.25, 0.3) is 0 Å². The van der Waals surface area contributed by atoms with Gasteiger partial charge in [-0.25, -0.2) is 0 Å². The van der Waals surface area contributed by atoms with Crippen LogP contribution in [0.15, 0.2) is 42.5 Å². The average Bonchev–Trinajstić information content (AvgIpc) is 2.70. The molecule has 0 aromatic heterocycles. The van der Waals surface area contributed by atoms with Crippen LogP contribution in [0.3, 0.4) is 0 Å². The van der Waals surface area contributed by atoms with Gasteiger partial charge in [0.05, 0.1) is 0 Å². The van der Waals surface area contributed by atoms with Gasteiger partial charge in [-0.05, 0) is 30.4 Å². The molecule has 0 unspecified atom stereocenters. The Balaban J connectivity index is 2.00. The zero-order valence-corrected chi connectivity index (χ0v) is 10.4. The van der Waals surface area contributed by atoms with E-state index < -0.39 is 0 Å². The Morgan fingerprint density at radius 3 is 2.65 bits per heavy atom. The van der Waals surface area contributed by atoms with Crippen molar-refractivity contribution < 1.29 is 4.79 Å². The summed E-state index contributed by atoms with van der Waals surface area (Å²) < 4.78 is 0. The van der Waals surface area contributed by atoms with Crippen molar-refractivity contribution in [3.8, 4) is 0 Å². The minimum Gasteiger partial charge on any atom is -0.295 e. The van der Waals surface area contributed by atoms with Crippen molar-refractivity contribution in [3.63, 3.8) is 0 Å². The topological polar surface area (TPSA) is 17.1 Å². The number of hydrogen-bond acceptors (Lipinski definition) is 1. The molecule has 0 amide bonds. The van der Waals surface area contributed by atoms with Crippen molar-refractivity contribution in [2.75, 3.05) is 0 Å². The molecule has 0 saturated heterocycles. The van der Waals surface area contributed by atoms with E-state index >= 15 is 0 Å². The van der Waals surface area contributed by atoms with Crippen LogP contribution in [0.4, 0.5) is 0 Å². The lowest BCUT2D eigenvalue weighted by Gasteiger charge is -2.17. The number of unbranched alkanes of at least 4 members (excludes halogenated alkanes) is 1. The summed E-state index contributed by atoms with van der Waals surface area (Å²) in [5.74, 6) is 0.960. The molecule has 0 bridgehead atoms. The Hall–Kier alpha value is -1.37. The lowest BCUT2D eigenvalue weighted by molar-refractivity contribution is -0.118. The van der Waals surface area contributed by atoms with E-state index in [1.54, 1.807) is 6.08 Å². The highest BCUT2D eigenvalue weighted by Crippen LogP contribution is 2.30. The maximum Gasteiger partial charge on any atom is 0.159 e. The van der Waals surface area contributed by atoms with Crippen LogP contribution in [0.5, 0.6) is 0 Å². The molecule has 0 aliphatic heterocycles. The monoisotopic (exact) mass is 228 g/mol. The third-order valence-electron chi connectivity index (χ3n) is 3.58. The lowest BCUT2D eigenvalue weighted by atomic mass is 9.85. The van der Waals surface area contributed by atoms with Crippen LogP contribution >= 0.6 is 0 Å². The Bertz CT molecular complexity index is 391. The first kappa shape index (κ1) is 12.1. The van der Waals surface area contributed by atoms with E-state index in [1.807, 2.05) is 18.2 Å². The lowest BCUT2D eigenvalue weighted by Crippen LogP contribution is -2.18. The van der Waals surface area contributed by atoms with Gasteiger partial charge in [-0.1, -0.05) is 56.2 Å². The summed E-state index contributed by atoms with van der Waals surface area (Å²) in [5.41, 5.74) is 1.27. The average molecular weight is 228 g/mol. The van der Waals surface area contributed by atoms with Gasteiger partial charge in [-0.3, -0.25) is 4.79 Å². The van der Waals surface area contributed by atoms with Crippen molar-refractivity contribution in [1.82, 2.24) is 0 Å². The maximum atomic E-state index is 11.9. The van der Waals surface area contributed by atoms with Gasteiger partial charge in [0.1, 0.15) is 0 Å². The van der Waals surface area contributed by atoms with Gasteiger partial charge in [-0.15, -0.1) is 0 Å². The molecule has 17 heavy (non-hydrogen) atoms. The van der Waals surface area contributed by atoms with E-state index in [0.717, 1.165) is 12.8 Å². The van der Waals surface area contributed by atoms with Crippen LogP contribution in [-0.4, -0.2) is 5.78 Å². The van der Waals surface area contributed by atoms with Crippen molar-refractivity contribution in [3.05, 3.63) is 48.0 Å². The molecule has 1 nitrogen and oxygen atoms in total. The fourth-order valence-electron chi connectivity index (χ4n) is 2.54. The molecule has 2 rings (SSSR count). The van der Waals surface area contributed by atoms with Gasteiger partial charge < -0.3 is 0 Å². The Morgan fingerprint density at radius 2 is 1.94 bits per heavy atom. The predicted octanol–water partition coefficient (Wildman–Crippen LogP) is 3.79. The van der Waals surface area contributed by atoms with E-state index in [9.17, 15) is 4.79 Å². The van der Waals surface area contributed by atoms with E-state index in [-0.39, 0.29) is 5.92 Å². The molecular weight excluding hydrogens is 208 g/mol. The highest BCUT2D eigenvalue weighted by atomic mass is 16.1. The maximum absolute atomic E-state index is 11.9. The van der Waals surface area contributed by atoms with Gasteiger partial charge >= 0.3 is 0 Å². The zero-order valence-electron chi connectivity index (χ0n) is 10.4. The van der Waals surface area contributed by atoms with Gasteiger partial charge in [0.2, 0.25) is 0 Å². The van der Waals surface area contributed by atoms with E-state index in [2.05, 4.69) is 25.1 Å². The molecule has 0 radical (unpaired) electrons. The molecule has 1 heteroatoms. The summed E-state index contributed by atoms with van der Waals surface area (Å²) in [5, 5.41) is 0. The molecule has 1 aromatic rings. The smallest absolute Gasteiger partial charge is 0.159 e. The largest absolute Gasteiger partial charge is 0.295 e. The highest BCUT2D eigenvalue weighted by molar-refractivity contribution is 5.94. The van der Waals surface area contributed by atoms with Crippen molar-refractivity contribution in [1.29, 1.82) is 0 Å². The number of carbonyl (C=O) groups is 1. The minimum atomic E-state index is 0.184. The van der Waals surface area contributed by atoms with Crippen LogP contribution < -0.4 is 0 Å². The molecule has 2 atom stereocenters. The first-order valence-corrected chi connectivity index (χ1v) is 6.57. The van der Waals surface area contributed by atoms with Crippen LogP contribution in [0, 0.1) is 11.8 Å². The van der Waals surface area contributed by atoms with Gasteiger partial charge in [0.15, 0.2) is 5.78 Å². The van der Waals surface area contributed by atoms with E-state index in [1.165, 1.54) is 18.4 Å². The normalized spacial score (nSPS) is 23.2. The summed E-state index contributed by atoms with van der Waals surface area (Å²) in [4.78, 5) is 11.9. The van der Waals surface area contributed by atoms with Crippen LogP contribution in [0.1, 0.15) is 31.7 Å². The quantitative estimate of drug-likeness (QED) is 0.749. The van der Waals surface area contributed by atoms with Crippen LogP contribution in [-0.2, 0) is 11.2 Å². The second-order valence-electron chi connectivity index (χ2n) is 4.86. The van der Waals surface area contributed by atoms with E-state index in [0.29, 0.717) is 11.7 Å². The predicted molar refractivity (Wildman–Crippen MR) is 70.8 cm³/mol. The van der Waals surface area contributed by atoms with Crippen LogP contribution in [0.2, 0.25) is 0 Å². The van der Waals surface area contributed by atoms with Crippen molar-refractivity contribution in [2.24, 2.45) is 11.8 Å². The summed E-state index contributed by atoms with van der Waals surface area (Å²) in [6, 6.07) is 10.3. The number of allylic oxidation sites excluding steroid dienone is 2. The molecule has 90 valence electrons. The molecule has 0 N–H and O–H groups in total. The highest BCUT2D eigenvalue weighted by Gasteiger charge is 2.29. The zero-order chi connectivity index (χ0) is 12.1. The molecule has 0 spiro atoms. The van der Waals surface area contributed by atoms with E-state index in [4.69, 9.17) is 0 Å². The van der Waals surface area contributed by atoms with Gasteiger partial charge in [0, 0.05) is 5.92 Å². The summed E-state index contributed by atoms with van der Waals surface area (Å²) in [7, 11) is 0. The van der Waals surface area contributed by atoms with Gasteiger partial charge in [0.25, 0.3) is 0 Å². The van der Waals surface area contributed by atoms with Crippen molar-refractivity contribution >= 4 is 5.78 Å². The second kappa shape index (κ2) is 5.81. The Labute approximate surface area is 104 Å². The number of carbonyl (C=O) groups excluding carboxylic acids is 1. The minimum absolute atomic E-state index is 0.184. The SMILES string of the molecule is CCCC[C@H]1C=CC(=O)[C@@H]1Cc1ccccc1. The molecule has 1 aromatic carbocycles. The summed E-state index contributed by atoms with van der Waals surface area (Å²) >= 11 is 0. The summed E-state index contributed by atoms with van der Waals surface area (Å²) in [6.45, 7) is 2.20. The third-order valence-corrected chi connectivity index (χ3v) is 3.58. The van der Waals surface area contributed by atoms with Crippen molar-refractivity contribution in [2.45, 2.75) is 32.6 Å². The molecule has 1 aliphatic carbocycles. The Morgan fingerprint density at radius 1 is 1.18 bits per heavy atom. The van der Waals surface area contributed by atoms with Gasteiger partial charge in [-0.2, -0.15) is 0 Å². The fourth-order valence-corrected chi connectivity index (χ4v) is 2.54. The number of ketones is 1. The number of rotatable bonds is 5. The molecule has 0 heterocycles. The number of hydrogen-bond donors (Lipinski definition) is 0. The Kier molecular flexibility index (Phi) is 4.13. The summed E-state index contributed by atoms with van der Waals surface area (Å²) in [6.07, 6.45) is 8.36. The number of benzene rings is 1. The third kappa shape index (κ3) is 3.06. The first-order valence-electron chi connectivity index (χ1n) is 6.57. The second-order valence-corrected chi connectivity index (χ2v) is 4.86.